The summed E-state index contributed by atoms with van der Waals surface area (Å²) in [7, 11) is 5.66. The van der Waals surface area contributed by atoms with Crippen molar-refractivity contribution >= 4 is 29.9 Å². The molecule has 0 aromatic carbocycles. The Morgan fingerprint density at radius 1 is 1.25 bits per heavy atom. The lowest BCUT2D eigenvalue weighted by atomic mass is 10.4. The number of nitrogens with one attached hydrogen (secondary N) is 2. The normalized spacial score (nSPS) is 11.8. The molecule has 0 aliphatic heterocycles. The summed E-state index contributed by atoms with van der Waals surface area (Å²) >= 11 is 0. The predicted molar refractivity (Wildman–Crippen MR) is 98.2 cm³/mol. The van der Waals surface area contributed by atoms with Crippen LogP contribution in [-0.4, -0.2) is 64.9 Å². The molecule has 0 atom stereocenters. The third kappa shape index (κ3) is 14.1. The molecular weight excluding hydrogens is 367 g/mol. The lowest BCUT2D eigenvalue weighted by Crippen LogP contribution is -2.41. The van der Waals surface area contributed by atoms with Crippen molar-refractivity contribution in [2.45, 2.75) is 19.8 Å². The molecule has 0 radical (unpaired) electrons. The molecule has 0 rings (SSSR count). The molecule has 0 aromatic heterocycles. The maximum Gasteiger partial charge on any atom is 0.191 e. The number of allylic oxidation sites excluding steroid dienone is 1. The van der Waals surface area contributed by atoms with Gasteiger partial charge >= 0.3 is 0 Å². The molecule has 5 nitrogen and oxygen atoms in total. The van der Waals surface area contributed by atoms with E-state index in [1.165, 1.54) is 0 Å². The largest absolute Gasteiger partial charge is 0.385 e. The van der Waals surface area contributed by atoms with Gasteiger partial charge in [0.15, 0.2) is 5.96 Å². The third-order valence-electron chi connectivity index (χ3n) is 2.74. The SMILES string of the molecule is C/C=C/CCNC(=NC)NCCN(C)CCCOC.I. The molecule has 0 heterocycles. The summed E-state index contributed by atoms with van der Waals surface area (Å²) in [5, 5.41) is 6.59. The van der Waals surface area contributed by atoms with Gasteiger partial charge in [0.25, 0.3) is 0 Å². The number of halogens is 1. The number of rotatable bonds is 10. The van der Waals surface area contributed by atoms with Gasteiger partial charge < -0.3 is 20.3 Å². The number of methoxy groups -OCH3 is 1. The quantitative estimate of drug-likeness (QED) is 0.193. The number of guanidine groups is 1. The molecule has 0 aliphatic carbocycles. The Kier molecular flexibility index (Phi) is 18.3. The minimum atomic E-state index is 0. The molecule has 0 bridgehead atoms. The summed E-state index contributed by atoms with van der Waals surface area (Å²) in [5.74, 6) is 0.870. The van der Waals surface area contributed by atoms with Gasteiger partial charge in [0.1, 0.15) is 0 Å². The molecule has 0 saturated heterocycles. The Morgan fingerprint density at radius 3 is 2.55 bits per heavy atom. The van der Waals surface area contributed by atoms with Crippen molar-refractivity contribution in [2.24, 2.45) is 4.99 Å². The van der Waals surface area contributed by atoms with Crippen LogP contribution in [0, 0.1) is 0 Å². The Balaban J connectivity index is 0. The molecule has 0 saturated carbocycles. The van der Waals surface area contributed by atoms with E-state index >= 15 is 0 Å². The fraction of sp³-hybridized carbons (Fsp3) is 0.786. The Labute approximate surface area is 141 Å². The Bertz CT molecular complexity index is 260. The topological polar surface area (TPSA) is 48.9 Å². The molecule has 0 aliphatic rings. The van der Waals surface area contributed by atoms with E-state index in [-0.39, 0.29) is 24.0 Å². The van der Waals surface area contributed by atoms with E-state index in [1.54, 1.807) is 14.2 Å². The van der Waals surface area contributed by atoms with E-state index in [0.29, 0.717) is 0 Å². The smallest absolute Gasteiger partial charge is 0.191 e. The van der Waals surface area contributed by atoms with Crippen LogP contribution < -0.4 is 10.6 Å². The second-order valence-corrected chi connectivity index (χ2v) is 4.43. The number of ether oxygens (including phenoxy) is 1. The highest BCUT2D eigenvalue weighted by molar-refractivity contribution is 14.0. The van der Waals surface area contributed by atoms with Gasteiger partial charge in [-0.2, -0.15) is 0 Å². The molecule has 0 unspecified atom stereocenters. The van der Waals surface area contributed by atoms with Crippen molar-refractivity contribution in [1.82, 2.24) is 15.5 Å². The lowest BCUT2D eigenvalue weighted by Gasteiger charge is -2.18. The van der Waals surface area contributed by atoms with Gasteiger partial charge in [-0.05, 0) is 26.8 Å². The van der Waals surface area contributed by atoms with Crippen LogP contribution in [-0.2, 0) is 4.74 Å². The summed E-state index contributed by atoms with van der Waals surface area (Å²) in [5.41, 5.74) is 0. The highest BCUT2D eigenvalue weighted by Crippen LogP contribution is 1.87. The highest BCUT2D eigenvalue weighted by atomic mass is 127. The van der Waals surface area contributed by atoms with E-state index in [1.807, 2.05) is 6.92 Å². The first-order chi connectivity index (χ1) is 9.24. The van der Waals surface area contributed by atoms with Crippen molar-refractivity contribution in [2.75, 3.05) is 54.0 Å². The number of likely N-dealkylation sites (N-methyl/N-ethyl adjacent to an activating group) is 1. The summed E-state index contributed by atoms with van der Waals surface area (Å²) in [6, 6.07) is 0. The zero-order valence-electron chi connectivity index (χ0n) is 13.3. The maximum atomic E-state index is 5.04. The van der Waals surface area contributed by atoms with Crippen LogP contribution in [0.1, 0.15) is 19.8 Å². The maximum absolute atomic E-state index is 5.04. The first kappa shape index (κ1) is 21.9. The van der Waals surface area contributed by atoms with Crippen LogP contribution in [0.2, 0.25) is 0 Å². The summed E-state index contributed by atoms with van der Waals surface area (Å²) in [6.07, 6.45) is 6.30. The molecule has 120 valence electrons. The fourth-order valence-electron chi connectivity index (χ4n) is 1.62. The van der Waals surface area contributed by atoms with Gasteiger partial charge in [-0.25, -0.2) is 0 Å². The first-order valence-corrected chi connectivity index (χ1v) is 6.97. The number of hydrogen-bond donors (Lipinski definition) is 2. The minimum Gasteiger partial charge on any atom is -0.385 e. The van der Waals surface area contributed by atoms with Crippen molar-refractivity contribution in [3.05, 3.63) is 12.2 Å². The van der Waals surface area contributed by atoms with E-state index in [9.17, 15) is 0 Å². The molecule has 0 aromatic rings. The molecule has 0 amide bonds. The third-order valence-corrected chi connectivity index (χ3v) is 2.74. The zero-order chi connectivity index (χ0) is 14.3. The lowest BCUT2D eigenvalue weighted by molar-refractivity contribution is 0.180. The molecule has 0 spiro atoms. The Morgan fingerprint density at radius 2 is 1.95 bits per heavy atom. The van der Waals surface area contributed by atoms with Crippen molar-refractivity contribution in [1.29, 1.82) is 0 Å². The van der Waals surface area contributed by atoms with Gasteiger partial charge in [0, 0.05) is 46.9 Å². The number of hydrogen-bond acceptors (Lipinski definition) is 3. The molecular formula is C14H31IN4O. The number of aliphatic imine (C=N–C) groups is 1. The highest BCUT2D eigenvalue weighted by Gasteiger charge is 1.99. The zero-order valence-corrected chi connectivity index (χ0v) is 15.6. The molecule has 20 heavy (non-hydrogen) atoms. The number of nitrogens with zero attached hydrogens (tertiary/aromatic N) is 2. The predicted octanol–water partition coefficient (Wildman–Crippen LogP) is 1.70. The summed E-state index contributed by atoms with van der Waals surface area (Å²) in [6.45, 7) is 6.72. The van der Waals surface area contributed by atoms with E-state index < -0.39 is 0 Å². The van der Waals surface area contributed by atoms with Crippen LogP contribution in [0.15, 0.2) is 17.1 Å². The van der Waals surface area contributed by atoms with E-state index in [2.05, 4.69) is 39.7 Å². The van der Waals surface area contributed by atoms with E-state index in [4.69, 9.17) is 4.74 Å². The van der Waals surface area contributed by atoms with Crippen LogP contribution in [0.4, 0.5) is 0 Å². The van der Waals surface area contributed by atoms with Gasteiger partial charge in [-0.3, -0.25) is 4.99 Å². The average Bonchev–Trinajstić information content (AvgIpc) is 2.41. The minimum absolute atomic E-state index is 0. The van der Waals surface area contributed by atoms with Crippen molar-refractivity contribution in [3.8, 4) is 0 Å². The molecule has 2 N–H and O–H groups in total. The second kappa shape index (κ2) is 16.7. The van der Waals surface area contributed by atoms with Crippen LogP contribution >= 0.6 is 24.0 Å². The van der Waals surface area contributed by atoms with Gasteiger partial charge in [-0.15, -0.1) is 24.0 Å². The van der Waals surface area contributed by atoms with Gasteiger partial charge in [-0.1, -0.05) is 12.2 Å². The fourth-order valence-corrected chi connectivity index (χ4v) is 1.62. The average molecular weight is 398 g/mol. The molecule has 6 heteroatoms. The molecule has 0 fully saturated rings. The van der Waals surface area contributed by atoms with Crippen LogP contribution in [0.25, 0.3) is 0 Å². The first-order valence-electron chi connectivity index (χ1n) is 6.97. The standard InChI is InChI=1S/C14H30N4O.HI/c1-5-6-7-9-16-14(15-2)17-10-12-18(3)11-8-13-19-4;/h5-6H,7-13H2,1-4H3,(H2,15,16,17);1H/b6-5+;. The summed E-state index contributed by atoms with van der Waals surface area (Å²) in [4.78, 5) is 6.48. The van der Waals surface area contributed by atoms with Gasteiger partial charge in [0.2, 0.25) is 0 Å². The monoisotopic (exact) mass is 398 g/mol. The van der Waals surface area contributed by atoms with E-state index in [0.717, 1.165) is 51.6 Å². The van der Waals surface area contributed by atoms with Gasteiger partial charge in [0.05, 0.1) is 0 Å². The Hall–Kier alpha value is -0.340. The summed E-state index contributed by atoms with van der Waals surface area (Å²) < 4.78 is 5.04. The van der Waals surface area contributed by atoms with Crippen molar-refractivity contribution in [3.63, 3.8) is 0 Å². The van der Waals surface area contributed by atoms with Crippen LogP contribution in [0.5, 0.6) is 0 Å². The van der Waals surface area contributed by atoms with Crippen molar-refractivity contribution < 1.29 is 4.74 Å². The second-order valence-electron chi connectivity index (χ2n) is 4.43. The van der Waals surface area contributed by atoms with Crippen LogP contribution in [0.3, 0.4) is 0 Å².